The molecule has 0 atom stereocenters. The van der Waals surface area contributed by atoms with Gasteiger partial charge in [0.25, 0.3) is 15.8 Å². The fourth-order valence-corrected chi connectivity index (χ4v) is 4.47. The lowest BCUT2D eigenvalue weighted by atomic mass is 10.0. The summed E-state index contributed by atoms with van der Waals surface area (Å²) in [4.78, 5) is 12.2. The van der Waals surface area contributed by atoms with Crippen molar-refractivity contribution < 1.29 is 17.9 Å². The first kappa shape index (κ1) is 21.9. The van der Waals surface area contributed by atoms with Crippen LogP contribution in [-0.2, 0) is 23.1 Å². The number of benzene rings is 2. The SMILES string of the molecule is COc1cc2c(Cc3ccc4c(c3)CCN4S(N)(=O)=O)n[nH]c(=O)c2cc1OC.Cl. The van der Waals surface area contributed by atoms with Gasteiger partial charge in [0.2, 0.25) is 0 Å². The van der Waals surface area contributed by atoms with Crippen molar-refractivity contribution in [2.75, 3.05) is 25.1 Å². The Morgan fingerprint density at radius 3 is 2.43 bits per heavy atom. The summed E-state index contributed by atoms with van der Waals surface area (Å²) in [6.07, 6.45) is 1.04. The lowest BCUT2D eigenvalue weighted by molar-refractivity contribution is 0.356. The van der Waals surface area contributed by atoms with Crippen molar-refractivity contribution in [3.63, 3.8) is 0 Å². The highest BCUT2D eigenvalue weighted by Crippen LogP contribution is 2.33. The number of ether oxygens (including phenoxy) is 2. The van der Waals surface area contributed by atoms with Crippen molar-refractivity contribution in [2.45, 2.75) is 12.8 Å². The largest absolute Gasteiger partial charge is 0.493 e. The molecule has 0 amide bonds. The predicted molar refractivity (Wildman–Crippen MR) is 116 cm³/mol. The van der Waals surface area contributed by atoms with Crippen LogP contribution in [0.1, 0.15) is 16.8 Å². The maximum absolute atomic E-state index is 12.2. The molecule has 3 aromatic rings. The first-order valence-electron chi connectivity index (χ1n) is 8.87. The Morgan fingerprint density at radius 1 is 1.13 bits per heavy atom. The number of anilines is 1. The molecule has 0 saturated heterocycles. The van der Waals surface area contributed by atoms with Crippen molar-refractivity contribution in [3.8, 4) is 11.5 Å². The Balaban J connectivity index is 0.00000256. The molecular formula is C19H21ClN4O5S. The van der Waals surface area contributed by atoms with Crippen LogP contribution in [0.5, 0.6) is 11.5 Å². The van der Waals surface area contributed by atoms with Crippen molar-refractivity contribution in [2.24, 2.45) is 5.14 Å². The molecule has 2 aromatic carbocycles. The minimum absolute atomic E-state index is 0. The molecule has 3 N–H and O–H groups in total. The number of fused-ring (bicyclic) bond motifs is 2. The Bertz CT molecular complexity index is 1280. The third kappa shape index (κ3) is 3.81. The van der Waals surface area contributed by atoms with Crippen LogP contribution in [0.25, 0.3) is 10.8 Å². The van der Waals surface area contributed by atoms with Crippen LogP contribution in [-0.4, -0.2) is 39.4 Å². The summed E-state index contributed by atoms with van der Waals surface area (Å²) in [5.41, 5.74) is 2.80. The van der Waals surface area contributed by atoms with Gasteiger partial charge in [-0.15, -0.1) is 12.4 Å². The minimum Gasteiger partial charge on any atom is -0.493 e. The highest BCUT2D eigenvalue weighted by Gasteiger charge is 2.26. The van der Waals surface area contributed by atoms with Gasteiger partial charge in [-0.05, 0) is 35.7 Å². The third-order valence-electron chi connectivity index (χ3n) is 5.05. The standard InChI is InChI=1S/C19H20N4O5S.ClH/c1-27-17-9-13-14(10-18(17)28-2)19(24)22-21-15(13)8-11-3-4-16-12(7-11)5-6-23(16)29(20,25)26;/h3-4,7,9-10H,5-6,8H2,1-2H3,(H,22,24)(H2,20,25,26);1H. The van der Waals surface area contributed by atoms with E-state index in [1.165, 1.54) is 18.5 Å². The van der Waals surface area contributed by atoms with E-state index >= 15 is 0 Å². The van der Waals surface area contributed by atoms with Gasteiger partial charge < -0.3 is 9.47 Å². The van der Waals surface area contributed by atoms with E-state index in [0.29, 0.717) is 53.0 Å². The number of rotatable bonds is 5. The number of H-pyrrole nitrogens is 1. The molecule has 0 bridgehead atoms. The smallest absolute Gasteiger partial charge is 0.299 e. The zero-order valence-electron chi connectivity index (χ0n) is 16.3. The Morgan fingerprint density at radius 2 is 1.80 bits per heavy atom. The van der Waals surface area contributed by atoms with Crippen LogP contribution in [0.2, 0.25) is 0 Å². The summed E-state index contributed by atoms with van der Waals surface area (Å²) in [5.74, 6) is 0.967. The van der Waals surface area contributed by atoms with E-state index < -0.39 is 10.2 Å². The van der Waals surface area contributed by atoms with E-state index in [9.17, 15) is 13.2 Å². The maximum Gasteiger partial charge on any atom is 0.299 e. The highest BCUT2D eigenvalue weighted by molar-refractivity contribution is 7.90. The van der Waals surface area contributed by atoms with Gasteiger partial charge >= 0.3 is 0 Å². The quantitative estimate of drug-likeness (QED) is 0.604. The number of nitrogens with one attached hydrogen (secondary N) is 1. The number of nitrogens with zero attached hydrogens (tertiary/aromatic N) is 2. The molecule has 2 heterocycles. The summed E-state index contributed by atoms with van der Waals surface area (Å²) >= 11 is 0. The van der Waals surface area contributed by atoms with Crippen molar-refractivity contribution >= 4 is 39.1 Å². The van der Waals surface area contributed by atoms with Gasteiger partial charge in [-0.3, -0.25) is 9.10 Å². The molecule has 0 fully saturated rings. The van der Waals surface area contributed by atoms with Gasteiger partial charge in [-0.25, -0.2) is 10.2 Å². The number of hydrogen-bond acceptors (Lipinski definition) is 6. The summed E-state index contributed by atoms with van der Waals surface area (Å²) in [6.45, 7) is 0.328. The lowest BCUT2D eigenvalue weighted by Crippen LogP contribution is -2.35. The van der Waals surface area contributed by atoms with Crippen LogP contribution in [0.3, 0.4) is 0 Å². The molecule has 1 aliphatic heterocycles. The fraction of sp³-hybridized carbons (Fsp3) is 0.263. The van der Waals surface area contributed by atoms with Crippen molar-refractivity contribution in [1.29, 1.82) is 0 Å². The summed E-state index contributed by atoms with van der Waals surface area (Å²) < 4.78 is 35.2. The summed E-state index contributed by atoms with van der Waals surface area (Å²) in [6, 6.07) is 8.90. The molecular weight excluding hydrogens is 432 g/mol. The van der Waals surface area contributed by atoms with Crippen LogP contribution >= 0.6 is 12.4 Å². The molecule has 0 spiro atoms. The highest BCUT2D eigenvalue weighted by atomic mass is 35.5. The lowest BCUT2D eigenvalue weighted by Gasteiger charge is -2.16. The van der Waals surface area contributed by atoms with E-state index in [0.717, 1.165) is 11.1 Å². The minimum atomic E-state index is -3.78. The van der Waals surface area contributed by atoms with E-state index in [2.05, 4.69) is 10.2 Å². The van der Waals surface area contributed by atoms with Crippen molar-refractivity contribution in [1.82, 2.24) is 10.2 Å². The fourth-order valence-electron chi connectivity index (χ4n) is 3.67. The number of hydrogen-bond donors (Lipinski definition) is 2. The molecule has 11 heteroatoms. The second kappa shape index (κ2) is 8.13. The number of aromatic nitrogens is 2. The average Bonchev–Trinajstić information content (AvgIpc) is 3.13. The van der Waals surface area contributed by atoms with Crippen LogP contribution in [0.4, 0.5) is 5.69 Å². The number of halogens is 1. The summed E-state index contributed by atoms with van der Waals surface area (Å²) in [7, 11) is -0.741. The topological polar surface area (TPSA) is 128 Å². The molecule has 0 unspecified atom stereocenters. The van der Waals surface area contributed by atoms with Crippen LogP contribution < -0.4 is 24.5 Å². The van der Waals surface area contributed by atoms with Gasteiger partial charge in [0, 0.05) is 18.4 Å². The number of methoxy groups -OCH3 is 2. The Labute approximate surface area is 179 Å². The number of nitrogens with two attached hydrogens (primary N) is 1. The van der Waals surface area contributed by atoms with E-state index in [4.69, 9.17) is 14.6 Å². The van der Waals surface area contributed by atoms with E-state index in [1.54, 1.807) is 18.2 Å². The van der Waals surface area contributed by atoms with Crippen molar-refractivity contribution in [3.05, 3.63) is 57.5 Å². The predicted octanol–water partition coefficient (Wildman–Crippen LogP) is 1.52. The average molecular weight is 453 g/mol. The number of aromatic amines is 1. The second-order valence-corrected chi connectivity index (χ2v) is 8.23. The van der Waals surface area contributed by atoms with Gasteiger partial charge in [-0.2, -0.15) is 13.5 Å². The molecule has 160 valence electrons. The molecule has 9 nitrogen and oxygen atoms in total. The molecule has 4 rings (SSSR count). The zero-order valence-corrected chi connectivity index (χ0v) is 18.0. The van der Waals surface area contributed by atoms with Crippen LogP contribution in [0.15, 0.2) is 35.1 Å². The molecule has 0 aliphatic carbocycles. The van der Waals surface area contributed by atoms with Gasteiger partial charge in [0.15, 0.2) is 11.5 Å². The normalized spacial score (nSPS) is 13.1. The first-order chi connectivity index (χ1) is 13.8. The first-order valence-corrected chi connectivity index (χ1v) is 10.4. The molecule has 1 aliphatic rings. The molecule has 1 aromatic heterocycles. The van der Waals surface area contributed by atoms with Crippen LogP contribution in [0, 0.1) is 0 Å². The molecule has 0 radical (unpaired) electrons. The Kier molecular flexibility index (Phi) is 5.93. The second-order valence-electron chi connectivity index (χ2n) is 6.76. The van der Waals surface area contributed by atoms with E-state index in [-0.39, 0.29) is 18.0 Å². The maximum atomic E-state index is 12.2. The zero-order chi connectivity index (χ0) is 20.8. The van der Waals surface area contributed by atoms with E-state index in [1.807, 2.05) is 12.1 Å². The molecule has 30 heavy (non-hydrogen) atoms. The van der Waals surface area contributed by atoms with Gasteiger partial charge in [0.1, 0.15) is 0 Å². The monoisotopic (exact) mass is 452 g/mol. The van der Waals surface area contributed by atoms with Gasteiger partial charge in [-0.1, -0.05) is 12.1 Å². The van der Waals surface area contributed by atoms with Gasteiger partial charge in [0.05, 0.1) is 31.0 Å². The third-order valence-corrected chi connectivity index (χ3v) is 6.04. The molecule has 0 saturated carbocycles. The summed E-state index contributed by atoms with van der Waals surface area (Å²) in [5, 5.41) is 13.1. The Hall–Kier alpha value is -2.82.